The normalized spacial score (nSPS) is 18.4. The Morgan fingerprint density at radius 1 is 1.25 bits per heavy atom. The molecule has 0 aromatic carbocycles. The zero-order valence-corrected chi connectivity index (χ0v) is 16.3. The second-order valence-electron chi connectivity index (χ2n) is 6.67. The number of sulfonamides is 1. The van der Waals surface area contributed by atoms with Gasteiger partial charge in [-0.2, -0.15) is 4.31 Å². The number of hydrogen-bond donors (Lipinski definition) is 0. The number of pyridine rings is 1. The largest absolute Gasteiger partial charge is 0.457 e. The van der Waals surface area contributed by atoms with Crippen LogP contribution < -0.4 is 0 Å². The number of piperidine rings is 1. The van der Waals surface area contributed by atoms with Gasteiger partial charge in [0.25, 0.3) is 0 Å². The molecule has 1 atom stereocenters. The Balaban J connectivity index is 1.48. The first-order valence-electron chi connectivity index (χ1n) is 9.07. The van der Waals surface area contributed by atoms with Crippen LogP contribution in [0, 0.1) is 6.92 Å². The van der Waals surface area contributed by atoms with Gasteiger partial charge in [-0.3, -0.25) is 4.98 Å². The molecule has 1 unspecified atom stereocenters. The first-order chi connectivity index (χ1) is 13.5. The summed E-state index contributed by atoms with van der Waals surface area (Å²) in [5.41, 5.74) is 0.824. The number of rotatable bonds is 6. The molecule has 1 aliphatic heterocycles. The smallest absolute Gasteiger partial charge is 0.246 e. The molecule has 0 aliphatic carbocycles. The van der Waals surface area contributed by atoms with Crippen LogP contribution >= 0.6 is 0 Å². The molecule has 1 saturated heterocycles. The first kappa shape index (κ1) is 18.9. The Morgan fingerprint density at radius 2 is 2.14 bits per heavy atom. The molecular formula is C19H21N3O5S. The van der Waals surface area contributed by atoms with E-state index >= 15 is 0 Å². The Labute approximate surface area is 163 Å². The Morgan fingerprint density at radius 3 is 2.89 bits per heavy atom. The van der Waals surface area contributed by atoms with Crippen LogP contribution in [0.2, 0.25) is 0 Å². The fraction of sp³-hybridized carbons (Fsp3) is 0.368. The molecule has 4 rings (SSSR count). The zero-order chi connectivity index (χ0) is 19.6. The van der Waals surface area contributed by atoms with Gasteiger partial charge in [0.15, 0.2) is 5.76 Å². The summed E-state index contributed by atoms with van der Waals surface area (Å²) < 4.78 is 44.3. The maximum absolute atomic E-state index is 13.2. The highest BCUT2D eigenvalue weighted by molar-refractivity contribution is 7.89. The van der Waals surface area contributed by atoms with Gasteiger partial charge in [-0.1, -0.05) is 11.2 Å². The number of hydrogen-bond acceptors (Lipinski definition) is 7. The molecule has 1 fully saturated rings. The highest BCUT2D eigenvalue weighted by Gasteiger charge is 2.33. The van der Waals surface area contributed by atoms with Crippen LogP contribution in [-0.2, 0) is 21.4 Å². The van der Waals surface area contributed by atoms with E-state index in [4.69, 9.17) is 13.7 Å². The van der Waals surface area contributed by atoms with Gasteiger partial charge in [-0.15, -0.1) is 0 Å². The summed E-state index contributed by atoms with van der Waals surface area (Å²) in [7, 11) is -3.70. The van der Waals surface area contributed by atoms with Crippen LogP contribution in [-0.4, -0.2) is 42.1 Å². The summed E-state index contributed by atoms with van der Waals surface area (Å²) in [4.78, 5) is 4.38. The van der Waals surface area contributed by atoms with Crippen LogP contribution in [0.15, 0.2) is 56.6 Å². The lowest BCUT2D eigenvalue weighted by Gasteiger charge is -2.31. The topological polar surface area (TPSA) is 98.7 Å². The van der Waals surface area contributed by atoms with E-state index in [1.165, 1.54) is 16.6 Å². The van der Waals surface area contributed by atoms with Gasteiger partial charge < -0.3 is 13.7 Å². The maximum atomic E-state index is 13.2. The molecule has 0 amide bonds. The summed E-state index contributed by atoms with van der Waals surface area (Å²) in [5, 5.41) is 3.63. The lowest BCUT2D eigenvalue weighted by atomic mass is 10.1. The minimum Gasteiger partial charge on any atom is -0.457 e. The quantitative estimate of drug-likeness (QED) is 0.624. The summed E-state index contributed by atoms with van der Waals surface area (Å²) in [6.45, 7) is 2.75. The molecule has 9 heteroatoms. The number of aryl methyl sites for hydroxylation is 1. The van der Waals surface area contributed by atoms with Gasteiger partial charge in [0.2, 0.25) is 15.8 Å². The van der Waals surface area contributed by atoms with Crippen LogP contribution in [0.1, 0.15) is 24.3 Å². The second-order valence-corrected chi connectivity index (χ2v) is 8.57. The summed E-state index contributed by atoms with van der Waals surface area (Å²) in [6, 6.07) is 8.74. The van der Waals surface area contributed by atoms with Gasteiger partial charge in [0, 0.05) is 31.4 Å². The summed E-state index contributed by atoms with van der Waals surface area (Å²) in [6.07, 6.45) is 4.57. The molecule has 28 heavy (non-hydrogen) atoms. The third-order valence-electron chi connectivity index (χ3n) is 4.70. The van der Waals surface area contributed by atoms with Gasteiger partial charge in [0.05, 0.1) is 24.6 Å². The molecular weight excluding hydrogens is 382 g/mol. The van der Waals surface area contributed by atoms with Crippen molar-refractivity contribution in [1.82, 2.24) is 14.4 Å². The van der Waals surface area contributed by atoms with Crippen molar-refractivity contribution in [2.24, 2.45) is 0 Å². The minimum absolute atomic E-state index is 0.143. The number of furan rings is 1. The third kappa shape index (κ3) is 3.87. The van der Waals surface area contributed by atoms with Crippen molar-refractivity contribution in [3.05, 3.63) is 54.2 Å². The predicted octanol–water partition coefficient (Wildman–Crippen LogP) is 3.01. The van der Waals surface area contributed by atoms with Crippen molar-refractivity contribution >= 4 is 10.0 Å². The van der Waals surface area contributed by atoms with Crippen molar-refractivity contribution in [2.45, 2.75) is 37.4 Å². The Kier molecular flexibility index (Phi) is 5.29. The van der Waals surface area contributed by atoms with Crippen molar-refractivity contribution in [3.63, 3.8) is 0 Å². The van der Waals surface area contributed by atoms with Crippen LogP contribution in [0.4, 0.5) is 0 Å². The average molecular weight is 403 g/mol. The highest BCUT2D eigenvalue weighted by Crippen LogP contribution is 2.31. The van der Waals surface area contributed by atoms with Crippen molar-refractivity contribution < 1.29 is 22.1 Å². The molecule has 0 spiro atoms. The number of nitrogens with zero attached hydrogens (tertiary/aromatic N) is 3. The SMILES string of the molecule is Cc1oc(-c2ccno2)cc1S(=O)(=O)N1CCCC(OCc2ccccn2)C1. The van der Waals surface area contributed by atoms with Crippen LogP contribution in [0.25, 0.3) is 11.5 Å². The second kappa shape index (κ2) is 7.86. The van der Waals surface area contributed by atoms with Crippen LogP contribution in [0.3, 0.4) is 0 Å². The predicted molar refractivity (Wildman–Crippen MR) is 99.7 cm³/mol. The number of ether oxygens (including phenoxy) is 1. The Bertz CT molecular complexity index is 1020. The summed E-state index contributed by atoms with van der Waals surface area (Å²) in [5.74, 6) is 1.05. The third-order valence-corrected chi connectivity index (χ3v) is 6.68. The van der Waals surface area contributed by atoms with E-state index in [-0.39, 0.29) is 11.0 Å². The van der Waals surface area contributed by atoms with Gasteiger partial charge in [0.1, 0.15) is 10.7 Å². The first-order valence-corrected chi connectivity index (χ1v) is 10.5. The van der Waals surface area contributed by atoms with Crippen molar-refractivity contribution in [3.8, 4) is 11.5 Å². The number of aromatic nitrogens is 2. The van der Waals surface area contributed by atoms with E-state index < -0.39 is 10.0 Å². The zero-order valence-electron chi connectivity index (χ0n) is 15.4. The molecule has 0 radical (unpaired) electrons. The molecule has 3 aromatic heterocycles. The standard InChI is InChI=1S/C19H21N3O5S/c1-14-19(11-18(26-14)17-7-9-21-27-17)28(23,24)22-10-4-6-16(12-22)25-13-15-5-2-3-8-20-15/h2-3,5,7-9,11,16H,4,6,10,12-13H2,1H3. The van der Waals surface area contributed by atoms with Gasteiger partial charge in [-0.05, 0) is 31.9 Å². The summed E-state index contributed by atoms with van der Waals surface area (Å²) >= 11 is 0. The molecule has 8 nitrogen and oxygen atoms in total. The molecule has 3 aromatic rings. The molecule has 0 saturated carbocycles. The molecule has 1 aliphatic rings. The Hall–Kier alpha value is -2.49. The van der Waals surface area contributed by atoms with E-state index in [1.807, 2.05) is 18.2 Å². The fourth-order valence-electron chi connectivity index (χ4n) is 3.27. The fourth-order valence-corrected chi connectivity index (χ4v) is 4.94. The minimum atomic E-state index is -3.70. The van der Waals surface area contributed by atoms with E-state index in [0.29, 0.717) is 37.0 Å². The average Bonchev–Trinajstić information content (AvgIpc) is 3.37. The van der Waals surface area contributed by atoms with E-state index in [1.54, 1.807) is 19.2 Å². The monoisotopic (exact) mass is 403 g/mol. The molecule has 0 N–H and O–H groups in total. The molecule has 148 valence electrons. The van der Waals surface area contributed by atoms with Crippen LogP contribution in [0.5, 0.6) is 0 Å². The van der Waals surface area contributed by atoms with Gasteiger partial charge >= 0.3 is 0 Å². The van der Waals surface area contributed by atoms with Crippen molar-refractivity contribution in [2.75, 3.05) is 13.1 Å². The van der Waals surface area contributed by atoms with Gasteiger partial charge in [-0.25, -0.2) is 8.42 Å². The van der Waals surface area contributed by atoms with E-state index in [2.05, 4.69) is 10.1 Å². The lowest BCUT2D eigenvalue weighted by molar-refractivity contribution is 0.00664. The van der Waals surface area contributed by atoms with Crippen molar-refractivity contribution in [1.29, 1.82) is 0 Å². The highest BCUT2D eigenvalue weighted by atomic mass is 32.2. The molecule has 4 heterocycles. The lowest BCUT2D eigenvalue weighted by Crippen LogP contribution is -2.43. The maximum Gasteiger partial charge on any atom is 0.246 e. The molecule has 0 bridgehead atoms. The van der Waals surface area contributed by atoms with E-state index in [9.17, 15) is 8.42 Å². The van der Waals surface area contributed by atoms with E-state index in [0.717, 1.165) is 18.5 Å².